The first kappa shape index (κ1) is 12.1. The molecule has 0 radical (unpaired) electrons. The predicted molar refractivity (Wildman–Crippen MR) is 72.7 cm³/mol. The number of hydrogen-bond acceptors (Lipinski definition) is 3. The molecule has 1 aliphatic rings. The number of benzene rings is 1. The summed E-state index contributed by atoms with van der Waals surface area (Å²) < 4.78 is 5.72. The van der Waals surface area contributed by atoms with E-state index >= 15 is 0 Å². The number of rotatable bonds is 5. The molecule has 0 unspecified atom stereocenters. The van der Waals surface area contributed by atoms with Gasteiger partial charge in [-0.3, -0.25) is 0 Å². The average Bonchev–Trinajstić information content (AvgIpc) is 3.01. The topological polar surface area (TPSA) is 38.5 Å². The predicted octanol–water partition coefficient (Wildman–Crippen LogP) is 3.04. The normalized spacial score (nSPS) is 15.1. The van der Waals surface area contributed by atoms with Gasteiger partial charge >= 0.3 is 0 Å². The number of anilines is 2. The lowest BCUT2D eigenvalue weighted by atomic mass is 10.2. The van der Waals surface area contributed by atoms with E-state index in [9.17, 15) is 0 Å². The molecule has 1 aromatic carbocycles. The molecule has 1 fully saturated rings. The minimum atomic E-state index is 0.181. The highest BCUT2D eigenvalue weighted by molar-refractivity contribution is 5.61. The van der Waals surface area contributed by atoms with E-state index < -0.39 is 0 Å². The first-order valence-electron chi connectivity index (χ1n) is 6.44. The molecule has 1 aromatic rings. The largest absolute Gasteiger partial charge is 0.491 e. The molecule has 3 nitrogen and oxygen atoms in total. The monoisotopic (exact) mass is 234 g/mol. The summed E-state index contributed by atoms with van der Waals surface area (Å²) in [7, 11) is 0. The lowest BCUT2D eigenvalue weighted by molar-refractivity contribution is 0.242. The van der Waals surface area contributed by atoms with Crippen molar-refractivity contribution in [3.05, 3.63) is 18.2 Å². The molecule has 0 bridgehead atoms. The molecule has 2 N–H and O–H groups in total. The van der Waals surface area contributed by atoms with E-state index in [0.29, 0.717) is 6.04 Å². The molecule has 0 aliphatic heterocycles. The van der Waals surface area contributed by atoms with Crippen LogP contribution in [0.3, 0.4) is 0 Å². The van der Waals surface area contributed by atoms with Gasteiger partial charge in [0.2, 0.25) is 0 Å². The zero-order valence-electron chi connectivity index (χ0n) is 10.9. The molecule has 0 aromatic heterocycles. The van der Waals surface area contributed by atoms with Crippen molar-refractivity contribution in [3.63, 3.8) is 0 Å². The summed E-state index contributed by atoms with van der Waals surface area (Å²) in [4.78, 5) is 2.41. The van der Waals surface area contributed by atoms with E-state index in [0.717, 1.165) is 18.0 Å². The first-order chi connectivity index (χ1) is 8.10. The van der Waals surface area contributed by atoms with Gasteiger partial charge in [-0.25, -0.2) is 0 Å². The Morgan fingerprint density at radius 1 is 1.35 bits per heavy atom. The first-order valence-corrected chi connectivity index (χ1v) is 6.44. The summed E-state index contributed by atoms with van der Waals surface area (Å²) in [5.41, 5.74) is 7.90. The standard InChI is InChI=1S/C14H22N2O/c1-4-16(12-5-6-12)13-7-11(15)8-14(9-13)17-10(2)3/h7-10,12H,4-6,15H2,1-3H3. The lowest BCUT2D eigenvalue weighted by Gasteiger charge is -2.24. The van der Waals surface area contributed by atoms with Crippen LogP contribution in [-0.4, -0.2) is 18.7 Å². The van der Waals surface area contributed by atoms with Crippen LogP contribution in [0.5, 0.6) is 5.75 Å². The van der Waals surface area contributed by atoms with Gasteiger partial charge in [0.05, 0.1) is 6.10 Å². The van der Waals surface area contributed by atoms with Crippen LogP contribution in [-0.2, 0) is 0 Å². The molecule has 2 rings (SSSR count). The van der Waals surface area contributed by atoms with E-state index in [1.54, 1.807) is 0 Å². The van der Waals surface area contributed by atoms with Crippen LogP contribution < -0.4 is 15.4 Å². The molecular weight excluding hydrogens is 212 g/mol. The van der Waals surface area contributed by atoms with Crippen LogP contribution in [0.1, 0.15) is 33.6 Å². The van der Waals surface area contributed by atoms with Gasteiger partial charge in [0.25, 0.3) is 0 Å². The Morgan fingerprint density at radius 3 is 2.59 bits per heavy atom. The van der Waals surface area contributed by atoms with Crippen molar-refractivity contribution in [3.8, 4) is 5.75 Å². The van der Waals surface area contributed by atoms with Gasteiger partial charge in [0.15, 0.2) is 0 Å². The van der Waals surface area contributed by atoms with Crippen LogP contribution in [0.15, 0.2) is 18.2 Å². The number of nitrogen functional groups attached to an aromatic ring is 1. The highest BCUT2D eigenvalue weighted by Gasteiger charge is 2.28. The molecule has 1 saturated carbocycles. The molecule has 0 saturated heterocycles. The Balaban J connectivity index is 2.23. The van der Waals surface area contributed by atoms with Crippen molar-refractivity contribution in [2.24, 2.45) is 0 Å². The maximum atomic E-state index is 5.94. The van der Waals surface area contributed by atoms with Gasteiger partial charge in [-0.15, -0.1) is 0 Å². The maximum absolute atomic E-state index is 5.94. The van der Waals surface area contributed by atoms with Gasteiger partial charge in [-0.2, -0.15) is 0 Å². The average molecular weight is 234 g/mol. The van der Waals surface area contributed by atoms with Crippen molar-refractivity contribution < 1.29 is 4.74 Å². The number of hydrogen-bond donors (Lipinski definition) is 1. The molecule has 0 amide bonds. The Hall–Kier alpha value is -1.38. The lowest BCUT2D eigenvalue weighted by Crippen LogP contribution is -2.25. The fraction of sp³-hybridized carbons (Fsp3) is 0.571. The molecule has 0 spiro atoms. The highest BCUT2D eigenvalue weighted by Crippen LogP contribution is 2.34. The van der Waals surface area contributed by atoms with Gasteiger partial charge in [0.1, 0.15) is 5.75 Å². The molecule has 17 heavy (non-hydrogen) atoms. The van der Waals surface area contributed by atoms with Gasteiger partial charge < -0.3 is 15.4 Å². The quantitative estimate of drug-likeness (QED) is 0.796. The van der Waals surface area contributed by atoms with Gasteiger partial charge in [-0.1, -0.05) is 0 Å². The smallest absolute Gasteiger partial charge is 0.123 e. The summed E-state index contributed by atoms with van der Waals surface area (Å²) in [6, 6.07) is 6.73. The third-order valence-corrected chi connectivity index (χ3v) is 2.95. The number of ether oxygens (including phenoxy) is 1. The van der Waals surface area contributed by atoms with Crippen molar-refractivity contribution in [2.45, 2.75) is 45.8 Å². The molecule has 0 heterocycles. The third-order valence-electron chi connectivity index (χ3n) is 2.95. The minimum absolute atomic E-state index is 0.181. The van der Waals surface area contributed by atoms with E-state index in [4.69, 9.17) is 10.5 Å². The highest BCUT2D eigenvalue weighted by atomic mass is 16.5. The summed E-state index contributed by atoms with van der Waals surface area (Å²) >= 11 is 0. The van der Waals surface area contributed by atoms with E-state index in [1.165, 1.54) is 18.5 Å². The second kappa shape index (κ2) is 4.86. The molecule has 0 atom stereocenters. The second-order valence-electron chi connectivity index (χ2n) is 4.94. The zero-order chi connectivity index (χ0) is 12.4. The Labute approximate surface area is 104 Å². The van der Waals surface area contributed by atoms with Crippen LogP contribution >= 0.6 is 0 Å². The SMILES string of the molecule is CCN(c1cc(N)cc(OC(C)C)c1)C1CC1. The summed E-state index contributed by atoms with van der Waals surface area (Å²) in [5, 5.41) is 0. The fourth-order valence-corrected chi connectivity index (χ4v) is 2.15. The van der Waals surface area contributed by atoms with Crippen molar-refractivity contribution >= 4 is 11.4 Å². The third kappa shape index (κ3) is 3.05. The molecular formula is C14H22N2O. The summed E-state index contributed by atoms with van der Waals surface area (Å²) in [6.45, 7) is 7.27. The maximum Gasteiger partial charge on any atom is 0.123 e. The van der Waals surface area contributed by atoms with Crippen LogP contribution in [0, 0.1) is 0 Å². The van der Waals surface area contributed by atoms with Gasteiger partial charge in [-0.05, 0) is 39.7 Å². The van der Waals surface area contributed by atoms with Gasteiger partial charge in [0, 0.05) is 36.1 Å². The number of nitrogens with two attached hydrogens (primary N) is 1. The van der Waals surface area contributed by atoms with Crippen LogP contribution in [0.2, 0.25) is 0 Å². The molecule has 94 valence electrons. The minimum Gasteiger partial charge on any atom is -0.491 e. The Kier molecular flexibility index (Phi) is 3.46. The number of nitrogens with zero attached hydrogens (tertiary/aromatic N) is 1. The van der Waals surface area contributed by atoms with E-state index in [1.807, 2.05) is 26.0 Å². The van der Waals surface area contributed by atoms with Crippen LogP contribution in [0.25, 0.3) is 0 Å². The molecule has 3 heteroatoms. The second-order valence-corrected chi connectivity index (χ2v) is 4.94. The van der Waals surface area contributed by atoms with Crippen LogP contribution in [0.4, 0.5) is 11.4 Å². The summed E-state index contributed by atoms with van der Waals surface area (Å²) in [6.07, 6.45) is 2.77. The van der Waals surface area contributed by atoms with E-state index in [-0.39, 0.29) is 6.10 Å². The molecule has 1 aliphatic carbocycles. The van der Waals surface area contributed by atoms with Crippen molar-refractivity contribution in [2.75, 3.05) is 17.2 Å². The zero-order valence-corrected chi connectivity index (χ0v) is 10.9. The Morgan fingerprint density at radius 2 is 2.06 bits per heavy atom. The Bertz CT molecular complexity index is 386. The van der Waals surface area contributed by atoms with Crippen molar-refractivity contribution in [1.29, 1.82) is 0 Å². The van der Waals surface area contributed by atoms with E-state index in [2.05, 4.69) is 17.9 Å². The summed E-state index contributed by atoms with van der Waals surface area (Å²) in [5.74, 6) is 0.870. The fourth-order valence-electron chi connectivity index (χ4n) is 2.15. The van der Waals surface area contributed by atoms with Crippen molar-refractivity contribution in [1.82, 2.24) is 0 Å².